The fraction of sp³-hybridized carbons (Fsp3) is 0.400. The van der Waals surface area contributed by atoms with Gasteiger partial charge in [0.25, 0.3) is 0 Å². The van der Waals surface area contributed by atoms with Crippen LogP contribution in [0.25, 0.3) is 10.9 Å². The third-order valence-corrected chi connectivity index (χ3v) is 4.27. The minimum atomic E-state index is -4.12. The van der Waals surface area contributed by atoms with Crippen LogP contribution in [0.2, 0.25) is 0 Å². The number of benzene rings is 1. The summed E-state index contributed by atoms with van der Waals surface area (Å²) in [6.07, 6.45) is 1.03. The van der Waals surface area contributed by atoms with Crippen molar-refractivity contribution in [1.82, 2.24) is 0 Å². The Morgan fingerprint density at radius 1 is 1.19 bits per heavy atom. The van der Waals surface area contributed by atoms with Crippen LogP contribution >= 0.6 is 0 Å². The number of rotatable bonds is 6. The van der Waals surface area contributed by atoms with Crippen LogP contribution in [0.1, 0.15) is 18.5 Å². The molecule has 1 aromatic heterocycles. The van der Waals surface area contributed by atoms with E-state index in [1.807, 2.05) is 37.3 Å². The number of hydrogen-bond acceptors (Lipinski definition) is 4. The number of aromatic nitrogens is 1. The van der Waals surface area contributed by atoms with Crippen LogP contribution in [0.4, 0.5) is 0 Å². The molecule has 2 aromatic rings. The molecule has 114 valence electrons. The van der Waals surface area contributed by atoms with Gasteiger partial charge in [0.05, 0.1) is 22.6 Å². The normalized spacial score (nSPS) is 11.8. The fourth-order valence-corrected chi connectivity index (χ4v) is 2.93. The van der Waals surface area contributed by atoms with E-state index in [1.54, 1.807) is 7.11 Å². The third kappa shape index (κ3) is 4.15. The molecule has 5 nitrogen and oxygen atoms in total. The molecule has 0 saturated carbocycles. The second-order valence-corrected chi connectivity index (χ2v) is 6.54. The first-order chi connectivity index (χ1) is 9.90. The number of nitrogens with zero attached hydrogens (tertiary/aromatic N) is 1. The zero-order valence-corrected chi connectivity index (χ0v) is 13.0. The summed E-state index contributed by atoms with van der Waals surface area (Å²) in [5.41, 5.74) is 2.17. The maximum absolute atomic E-state index is 10.6. The maximum atomic E-state index is 10.6. The molecular formula is C15H19NO4S. The van der Waals surface area contributed by atoms with E-state index in [0.717, 1.165) is 22.3 Å². The van der Waals surface area contributed by atoms with Crippen molar-refractivity contribution in [2.75, 3.05) is 12.9 Å². The first-order valence-electron chi connectivity index (χ1n) is 6.81. The highest BCUT2D eigenvalue weighted by Crippen LogP contribution is 2.18. The minimum absolute atomic E-state index is 0.300. The zero-order chi connectivity index (χ0) is 15.5. The number of unbranched alkanes of at least 4 members (excludes halogenated alkanes) is 1. The summed E-state index contributed by atoms with van der Waals surface area (Å²) in [4.78, 5) is 0. The molecule has 21 heavy (non-hydrogen) atoms. The van der Waals surface area contributed by atoms with Gasteiger partial charge < -0.3 is 9.29 Å². The van der Waals surface area contributed by atoms with E-state index in [2.05, 4.69) is 4.57 Å². The van der Waals surface area contributed by atoms with E-state index in [9.17, 15) is 13.0 Å². The quantitative estimate of drug-likeness (QED) is 0.463. The number of ether oxygens (including phenoxy) is 1. The molecule has 0 aliphatic rings. The molecule has 0 radical (unpaired) electrons. The number of fused-ring (bicyclic) bond motifs is 1. The predicted molar refractivity (Wildman–Crippen MR) is 79.2 cm³/mol. The molecule has 0 fully saturated rings. The van der Waals surface area contributed by atoms with Gasteiger partial charge in [-0.3, -0.25) is 0 Å². The van der Waals surface area contributed by atoms with Crippen molar-refractivity contribution < 1.29 is 22.3 Å². The lowest BCUT2D eigenvalue weighted by molar-refractivity contribution is -0.677. The predicted octanol–water partition coefficient (Wildman–Crippen LogP) is 1.77. The zero-order valence-electron chi connectivity index (χ0n) is 12.2. The summed E-state index contributed by atoms with van der Waals surface area (Å²) >= 11 is 0. The summed E-state index contributed by atoms with van der Waals surface area (Å²) < 4.78 is 39.2. The first-order valence-corrected chi connectivity index (χ1v) is 8.39. The van der Waals surface area contributed by atoms with Crippen LogP contribution in [-0.4, -0.2) is 25.8 Å². The van der Waals surface area contributed by atoms with Gasteiger partial charge >= 0.3 is 0 Å². The van der Waals surface area contributed by atoms with E-state index in [-0.39, 0.29) is 5.75 Å². The van der Waals surface area contributed by atoms with Crippen molar-refractivity contribution >= 4 is 21.0 Å². The standard InChI is InChI=1S/C15H19NO4S/c1-12-5-6-13-11-14(20-2)7-8-15(13)16(12)9-3-4-10-21(17,18)19/h5-8,11H,3-4,9-10H2,1-2H3. The highest BCUT2D eigenvalue weighted by molar-refractivity contribution is 7.85. The van der Waals surface area contributed by atoms with E-state index in [1.165, 1.54) is 0 Å². The van der Waals surface area contributed by atoms with Gasteiger partial charge in [0, 0.05) is 31.2 Å². The van der Waals surface area contributed by atoms with Crippen LogP contribution in [0, 0.1) is 6.92 Å². The molecule has 2 rings (SSSR count). The lowest BCUT2D eigenvalue weighted by Crippen LogP contribution is -2.38. The Bertz CT molecular complexity index is 741. The van der Waals surface area contributed by atoms with Gasteiger partial charge in [0.15, 0.2) is 5.69 Å². The second-order valence-electron chi connectivity index (χ2n) is 5.02. The highest BCUT2D eigenvalue weighted by atomic mass is 32.2. The summed E-state index contributed by atoms with van der Waals surface area (Å²) in [6, 6.07) is 9.91. The fourth-order valence-electron chi connectivity index (χ4n) is 2.37. The maximum Gasteiger partial charge on any atom is 0.212 e. The topological polar surface area (TPSA) is 70.3 Å². The Kier molecular flexibility index (Phi) is 4.80. The monoisotopic (exact) mass is 309 g/mol. The Morgan fingerprint density at radius 3 is 2.62 bits per heavy atom. The van der Waals surface area contributed by atoms with E-state index in [0.29, 0.717) is 19.4 Å². The number of aryl methyl sites for hydroxylation is 2. The van der Waals surface area contributed by atoms with Crippen molar-refractivity contribution in [3.8, 4) is 5.75 Å². The molecule has 1 heterocycles. The van der Waals surface area contributed by atoms with E-state index in [4.69, 9.17) is 4.74 Å². The van der Waals surface area contributed by atoms with Gasteiger partial charge in [-0.1, -0.05) is 0 Å². The van der Waals surface area contributed by atoms with Crippen LogP contribution in [0.3, 0.4) is 0 Å². The number of methoxy groups -OCH3 is 1. The lowest BCUT2D eigenvalue weighted by atomic mass is 10.1. The molecular weight excluding hydrogens is 290 g/mol. The summed E-state index contributed by atoms with van der Waals surface area (Å²) in [5.74, 6) is 0.501. The van der Waals surface area contributed by atoms with Crippen molar-refractivity contribution in [1.29, 1.82) is 0 Å². The molecule has 0 aliphatic heterocycles. The van der Waals surface area contributed by atoms with E-state index >= 15 is 0 Å². The summed E-state index contributed by atoms with van der Waals surface area (Å²) in [5, 5.41) is 1.07. The van der Waals surface area contributed by atoms with Gasteiger partial charge in [-0.15, -0.1) is 0 Å². The van der Waals surface area contributed by atoms with Crippen LogP contribution in [-0.2, 0) is 16.7 Å². The van der Waals surface area contributed by atoms with Gasteiger partial charge in [-0.05, 0) is 24.6 Å². The molecule has 0 saturated heterocycles. The molecule has 0 aliphatic carbocycles. The molecule has 6 heteroatoms. The van der Waals surface area contributed by atoms with Gasteiger partial charge in [0.2, 0.25) is 5.52 Å². The lowest BCUT2D eigenvalue weighted by Gasteiger charge is -2.08. The average Bonchev–Trinajstić information content (AvgIpc) is 2.43. The van der Waals surface area contributed by atoms with Crippen molar-refractivity contribution in [3.05, 3.63) is 36.0 Å². The second kappa shape index (κ2) is 6.41. The van der Waals surface area contributed by atoms with Crippen molar-refractivity contribution in [2.45, 2.75) is 26.3 Å². The Hall–Kier alpha value is -1.66. The Balaban J connectivity index is 2.20. The SMILES string of the molecule is COc1ccc2c(ccc(C)[n+]2CCCCS(=O)(=O)[O-])c1. The summed E-state index contributed by atoms with van der Waals surface area (Å²) in [6.45, 7) is 2.69. The molecule has 0 amide bonds. The molecule has 0 N–H and O–H groups in total. The molecule has 0 bridgehead atoms. The highest BCUT2D eigenvalue weighted by Gasteiger charge is 2.13. The van der Waals surface area contributed by atoms with Gasteiger partial charge in [0.1, 0.15) is 12.3 Å². The van der Waals surface area contributed by atoms with Crippen LogP contribution in [0.5, 0.6) is 5.75 Å². The number of pyridine rings is 1. The first kappa shape index (κ1) is 15.7. The average molecular weight is 309 g/mol. The third-order valence-electron chi connectivity index (χ3n) is 3.48. The summed E-state index contributed by atoms with van der Waals surface area (Å²) in [7, 11) is -2.48. The van der Waals surface area contributed by atoms with Crippen molar-refractivity contribution in [2.24, 2.45) is 0 Å². The molecule has 0 spiro atoms. The number of hydrogen-bond donors (Lipinski definition) is 0. The Labute approximate surface area is 124 Å². The van der Waals surface area contributed by atoms with Crippen molar-refractivity contribution in [3.63, 3.8) is 0 Å². The molecule has 1 aromatic carbocycles. The van der Waals surface area contributed by atoms with Crippen LogP contribution < -0.4 is 9.30 Å². The minimum Gasteiger partial charge on any atom is -0.748 e. The van der Waals surface area contributed by atoms with Crippen LogP contribution in [0.15, 0.2) is 30.3 Å². The molecule has 0 atom stereocenters. The largest absolute Gasteiger partial charge is 0.748 e. The molecule has 0 unspecified atom stereocenters. The smallest absolute Gasteiger partial charge is 0.212 e. The van der Waals surface area contributed by atoms with Gasteiger partial charge in [-0.2, -0.15) is 4.57 Å². The Morgan fingerprint density at radius 2 is 1.95 bits per heavy atom. The van der Waals surface area contributed by atoms with Gasteiger partial charge in [-0.25, -0.2) is 8.42 Å². The van der Waals surface area contributed by atoms with E-state index < -0.39 is 10.1 Å².